The van der Waals surface area contributed by atoms with Crippen LogP contribution in [0.3, 0.4) is 0 Å². The quantitative estimate of drug-likeness (QED) is 0.254. The Labute approximate surface area is 176 Å². The molecule has 0 saturated heterocycles. The molecule has 0 unspecified atom stereocenters. The SMILES string of the molecule is NC(=Nc1cc(-c2ccccc2C(F)(F)F)nc2c1CCCC2)c1cc(F)ccc1N. The van der Waals surface area contributed by atoms with E-state index in [1.54, 1.807) is 0 Å². The fourth-order valence-electron chi connectivity index (χ4n) is 3.81. The summed E-state index contributed by atoms with van der Waals surface area (Å²) in [6.07, 6.45) is -1.39. The Balaban J connectivity index is 1.89. The van der Waals surface area contributed by atoms with Crippen molar-refractivity contribution in [3.05, 3.63) is 76.7 Å². The number of fused-ring (bicyclic) bond motifs is 1. The van der Waals surface area contributed by atoms with Crippen LogP contribution < -0.4 is 11.5 Å². The molecule has 0 bridgehead atoms. The van der Waals surface area contributed by atoms with Gasteiger partial charge in [0.2, 0.25) is 0 Å². The Bertz CT molecular complexity index is 1170. The van der Waals surface area contributed by atoms with Crippen molar-refractivity contribution < 1.29 is 17.6 Å². The second kappa shape index (κ2) is 8.02. The van der Waals surface area contributed by atoms with Crippen molar-refractivity contribution in [2.45, 2.75) is 31.9 Å². The molecule has 160 valence electrons. The molecule has 0 atom stereocenters. The van der Waals surface area contributed by atoms with E-state index in [0.717, 1.165) is 24.5 Å². The smallest absolute Gasteiger partial charge is 0.398 e. The molecule has 0 amide bonds. The number of pyridine rings is 1. The van der Waals surface area contributed by atoms with Crippen molar-refractivity contribution in [1.82, 2.24) is 4.98 Å². The molecule has 3 aromatic rings. The summed E-state index contributed by atoms with van der Waals surface area (Å²) in [5.74, 6) is -0.523. The minimum absolute atomic E-state index is 0.00831. The fraction of sp³-hybridized carbons (Fsp3) is 0.217. The van der Waals surface area contributed by atoms with Crippen molar-refractivity contribution >= 4 is 17.2 Å². The van der Waals surface area contributed by atoms with E-state index in [-0.39, 0.29) is 28.3 Å². The highest BCUT2D eigenvalue weighted by atomic mass is 19.4. The maximum absolute atomic E-state index is 13.7. The zero-order chi connectivity index (χ0) is 22.2. The lowest BCUT2D eigenvalue weighted by atomic mass is 9.93. The fourth-order valence-corrected chi connectivity index (χ4v) is 3.81. The number of aliphatic imine (C=N–C) groups is 1. The van der Waals surface area contributed by atoms with E-state index in [0.29, 0.717) is 24.2 Å². The molecule has 4 N–H and O–H groups in total. The number of halogens is 4. The lowest BCUT2D eigenvalue weighted by molar-refractivity contribution is -0.137. The summed E-state index contributed by atoms with van der Waals surface area (Å²) in [6.45, 7) is 0. The highest BCUT2D eigenvalue weighted by Gasteiger charge is 2.34. The lowest BCUT2D eigenvalue weighted by Crippen LogP contribution is -2.16. The van der Waals surface area contributed by atoms with Crippen molar-refractivity contribution in [2.24, 2.45) is 10.7 Å². The van der Waals surface area contributed by atoms with E-state index in [4.69, 9.17) is 11.5 Å². The van der Waals surface area contributed by atoms with Crippen LogP contribution in [0.1, 0.15) is 35.2 Å². The minimum Gasteiger partial charge on any atom is -0.398 e. The predicted molar refractivity (Wildman–Crippen MR) is 113 cm³/mol. The second-order valence-electron chi connectivity index (χ2n) is 7.43. The van der Waals surface area contributed by atoms with Crippen LogP contribution in [0.2, 0.25) is 0 Å². The summed E-state index contributed by atoms with van der Waals surface area (Å²) in [5.41, 5.74) is 13.9. The van der Waals surface area contributed by atoms with E-state index >= 15 is 0 Å². The molecule has 0 spiro atoms. The Morgan fingerprint density at radius 2 is 1.74 bits per heavy atom. The van der Waals surface area contributed by atoms with Gasteiger partial charge in [-0.1, -0.05) is 18.2 Å². The van der Waals surface area contributed by atoms with Gasteiger partial charge in [0.25, 0.3) is 0 Å². The molecule has 2 aromatic carbocycles. The molecular weight excluding hydrogens is 408 g/mol. The number of aromatic nitrogens is 1. The third kappa shape index (κ3) is 4.23. The van der Waals surface area contributed by atoms with Gasteiger partial charge in [-0.15, -0.1) is 0 Å². The third-order valence-corrected chi connectivity index (χ3v) is 5.32. The molecule has 0 radical (unpaired) electrons. The van der Waals surface area contributed by atoms with Gasteiger partial charge in [-0.2, -0.15) is 13.2 Å². The topological polar surface area (TPSA) is 77.3 Å². The second-order valence-corrected chi connectivity index (χ2v) is 7.43. The molecule has 0 aliphatic heterocycles. The van der Waals surface area contributed by atoms with E-state index in [1.807, 2.05) is 0 Å². The van der Waals surface area contributed by atoms with Crippen LogP contribution in [0.5, 0.6) is 0 Å². The molecule has 8 heteroatoms. The maximum Gasteiger partial charge on any atom is 0.417 e. The Morgan fingerprint density at radius 1 is 1.00 bits per heavy atom. The molecule has 1 aromatic heterocycles. The van der Waals surface area contributed by atoms with Crippen LogP contribution in [0, 0.1) is 5.82 Å². The summed E-state index contributed by atoms with van der Waals surface area (Å²) in [7, 11) is 0. The van der Waals surface area contributed by atoms with Crippen LogP contribution in [-0.2, 0) is 19.0 Å². The number of alkyl halides is 3. The normalized spacial score (nSPS) is 14.4. The first-order valence-electron chi connectivity index (χ1n) is 9.83. The van der Waals surface area contributed by atoms with Gasteiger partial charge in [0, 0.05) is 22.5 Å². The number of hydrogen-bond donors (Lipinski definition) is 2. The number of amidine groups is 1. The monoisotopic (exact) mass is 428 g/mol. The van der Waals surface area contributed by atoms with E-state index in [9.17, 15) is 17.6 Å². The third-order valence-electron chi connectivity index (χ3n) is 5.32. The van der Waals surface area contributed by atoms with Crippen LogP contribution in [-0.4, -0.2) is 10.8 Å². The molecule has 1 aliphatic rings. The van der Waals surface area contributed by atoms with Crippen molar-refractivity contribution in [3.8, 4) is 11.3 Å². The molecule has 1 aliphatic carbocycles. The average molecular weight is 428 g/mol. The molecule has 0 saturated carbocycles. The highest BCUT2D eigenvalue weighted by Crippen LogP contribution is 2.39. The molecule has 1 heterocycles. The Hall–Kier alpha value is -3.42. The first-order chi connectivity index (χ1) is 14.7. The minimum atomic E-state index is -4.52. The Kier molecular flexibility index (Phi) is 5.39. The summed E-state index contributed by atoms with van der Waals surface area (Å²) in [6, 6.07) is 10.6. The average Bonchev–Trinajstić information content (AvgIpc) is 2.74. The van der Waals surface area contributed by atoms with Gasteiger partial charge in [-0.3, -0.25) is 4.98 Å². The Morgan fingerprint density at radius 3 is 2.52 bits per heavy atom. The van der Waals surface area contributed by atoms with Gasteiger partial charge in [0.05, 0.1) is 16.9 Å². The number of rotatable bonds is 3. The highest BCUT2D eigenvalue weighted by molar-refractivity contribution is 6.03. The maximum atomic E-state index is 13.7. The van der Waals surface area contributed by atoms with Crippen LogP contribution in [0.15, 0.2) is 53.5 Å². The number of nitrogens with two attached hydrogens (primary N) is 2. The number of benzene rings is 2. The van der Waals surface area contributed by atoms with Gasteiger partial charge < -0.3 is 11.5 Å². The largest absolute Gasteiger partial charge is 0.417 e. The van der Waals surface area contributed by atoms with E-state index < -0.39 is 17.6 Å². The molecule has 31 heavy (non-hydrogen) atoms. The van der Waals surface area contributed by atoms with Crippen molar-refractivity contribution in [1.29, 1.82) is 0 Å². The van der Waals surface area contributed by atoms with Crippen molar-refractivity contribution in [2.75, 3.05) is 5.73 Å². The zero-order valence-corrected chi connectivity index (χ0v) is 16.5. The van der Waals surface area contributed by atoms with Gasteiger partial charge in [-0.25, -0.2) is 9.38 Å². The number of nitrogens with zero attached hydrogens (tertiary/aromatic N) is 2. The van der Waals surface area contributed by atoms with Crippen LogP contribution in [0.4, 0.5) is 28.9 Å². The first-order valence-corrected chi connectivity index (χ1v) is 9.83. The number of hydrogen-bond acceptors (Lipinski definition) is 3. The van der Waals surface area contributed by atoms with Crippen molar-refractivity contribution in [3.63, 3.8) is 0 Å². The van der Waals surface area contributed by atoms with Gasteiger partial charge in [0.15, 0.2) is 0 Å². The number of nitrogen functional groups attached to an aromatic ring is 1. The van der Waals surface area contributed by atoms with Crippen LogP contribution in [0.25, 0.3) is 11.3 Å². The summed E-state index contributed by atoms with van der Waals surface area (Å²) in [4.78, 5) is 8.98. The standard InChI is InChI=1S/C23H20F4N4/c24-13-9-10-18(28)16(11-13)22(29)31-21-12-20(30-19-8-4-2-6-15(19)21)14-5-1-3-7-17(14)23(25,26)27/h1,3,5,7,9-12H,2,4,6,8,28H2,(H2,29,30,31). The summed E-state index contributed by atoms with van der Waals surface area (Å²) >= 11 is 0. The number of anilines is 1. The molecule has 0 fully saturated rings. The molecule has 4 nitrogen and oxygen atoms in total. The number of aryl methyl sites for hydroxylation is 1. The molecule has 4 rings (SSSR count). The van der Waals surface area contributed by atoms with Gasteiger partial charge >= 0.3 is 6.18 Å². The molecular formula is C23H20F4N4. The van der Waals surface area contributed by atoms with E-state index in [2.05, 4.69) is 9.98 Å². The zero-order valence-electron chi connectivity index (χ0n) is 16.5. The van der Waals surface area contributed by atoms with Gasteiger partial charge in [0.1, 0.15) is 11.7 Å². The predicted octanol–water partition coefficient (Wildman–Crippen LogP) is 5.40. The van der Waals surface area contributed by atoms with E-state index in [1.165, 1.54) is 42.5 Å². The van der Waals surface area contributed by atoms with Gasteiger partial charge in [-0.05, 0) is 61.6 Å². The lowest BCUT2D eigenvalue weighted by Gasteiger charge is -2.20. The summed E-state index contributed by atoms with van der Waals surface area (Å²) < 4.78 is 54.4. The summed E-state index contributed by atoms with van der Waals surface area (Å²) in [5, 5.41) is 0. The van der Waals surface area contributed by atoms with Crippen LogP contribution >= 0.6 is 0 Å². The first kappa shape index (κ1) is 20.8.